The molecule has 0 saturated carbocycles. The van der Waals surface area contributed by atoms with E-state index in [1.165, 1.54) is 0 Å². The minimum atomic E-state index is -1.23. The molecule has 0 saturated heterocycles. The fraction of sp³-hybridized carbons (Fsp3) is 0.143. The van der Waals surface area contributed by atoms with Crippen LogP contribution in [-0.4, -0.2) is 10.8 Å². The summed E-state index contributed by atoms with van der Waals surface area (Å²) in [6.07, 6.45) is 7.48. The van der Waals surface area contributed by atoms with E-state index < -0.39 is 5.72 Å². The second kappa shape index (κ2) is 4.88. The maximum absolute atomic E-state index is 9.54. The van der Waals surface area contributed by atoms with E-state index in [-0.39, 0.29) is 0 Å². The van der Waals surface area contributed by atoms with Crippen LogP contribution >= 0.6 is 11.6 Å². The van der Waals surface area contributed by atoms with E-state index in [1.54, 1.807) is 12.2 Å². The monoisotopic (exact) mass is 247 g/mol. The summed E-state index contributed by atoms with van der Waals surface area (Å²) in [6.45, 7) is 0. The molecule has 0 heterocycles. The molecule has 88 valence electrons. The quantitative estimate of drug-likeness (QED) is 0.790. The molecule has 17 heavy (non-hydrogen) atoms. The van der Waals surface area contributed by atoms with Gasteiger partial charge in [-0.05, 0) is 23.3 Å². The molecule has 0 fully saturated rings. The molecule has 3 N–H and O–H groups in total. The predicted molar refractivity (Wildman–Crippen MR) is 71.2 cm³/mol. The molecule has 1 aromatic carbocycles. The number of nitrogens with two attached hydrogens (primary N) is 1. The third-order valence-corrected chi connectivity index (χ3v) is 2.90. The molecule has 3 heteroatoms. The fourth-order valence-corrected chi connectivity index (χ4v) is 1.84. The van der Waals surface area contributed by atoms with E-state index in [1.807, 2.05) is 42.5 Å². The summed E-state index contributed by atoms with van der Waals surface area (Å²) in [6, 6.07) is 9.73. The summed E-state index contributed by atoms with van der Waals surface area (Å²) in [7, 11) is 0. The Morgan fingerprint density at radius 3 is 2.65 bits per heavy atom. The van der Waals surface area contributed by atoms with Crippen LogP contribution in [0.5, 0.6) is 0 Å². The summed E-state index contributed by atoms with van der Waals surface area (Å²) < 4.78 is 0. The summed E-state index contributed by atoms with van der Waals surface area (Å²) >= 11 is 6.20. The minimum Gasteiger partial charge on any atom is -0.372 e. The molecule has 2 rings (SSSR count). The lowest BCUT2D eigenvalue weighted by Gasteiger charge is -2.20. The van der Waals surface area contributed by atoms with E-state index in [2.05, 4.69) is 0 Å². The van der Waals surface area contributed by atoms with Crippen LogP contribution in [0.25, 0.3) is 5.03 Å². The van der Waals surface area contributed by atoms with Crippen LogP contribution in [-0.2, 0) is 0 Å². The van der Waals surface area contributed by atoms with Crippen LogP contribution in [0.4, 0.5) is 0 Å². The maximum atomic E-state index is 9.54. The van der Waals surface area contributed by atoms with E-state index in [9.17, 15) is 5.11 Å². The highest BCUT2D eigenvalue weighted by Gasteiger charge is 2.17. The summed E-state index contributed by atoms with van der Waals surface area (Å²) in [5.74, 6) is 0. The van der Waals surface area contributed by atoms with Crippen molar-refractivity contribution in [3.8, 4) is 0 Å². The number of allylic oxidation sites excluding steroid dienone is 3. The number of benzene rings is 1. The van der Waals surface area contributed by atoms with Crippen LogP contribution in [0, 0.1) is 0 Å². The van der Waals surface area contributed by atoms with Crippen molar-refractivity contribution < 1.29 is 5.11 Å². The van der Waals surface area contributed by atoms with Crippen LogP contribution in [0.2, 0.25) is 0 Å². The van der Waals surface area contributed by atoms with Gasteiger partial charge in [-0.2, -0.15) is 0 Å². The Morgan fingerprint density at radius 2 is 2.06 bits per heavy atom. The summed E-state index contributed by atoms with van der Waals surface area (Å²) in [5, 5.41) is 10.2. The zero-order chi connectivity index (χ0) is 12.3. The van der Waals surface area contributed by atoms with Gasteiger partial charge in [0.15, 0.2) is 0 Å². The highest BCUT2D eigenvalue weighted by Crippen LogP contribution is 2.24. The van der Waals surface area contributed by atoms with Crippen molar-refractivity contribution >= 4 is 16.6 Å². The number of hydrogen-bond donors (Lipinski definition) is 2. The highest BCUT2D eigenvalue weighted by molar-refractivity contribution is 6.49. The Bertz CT molecular complexity index is 486. The Kier molecular flexibility index (Phi) is 3.48. The van der Waals surface area contributed by atoms with Gasteiger partial charge >= 0.3 is 0 Å². The number of halogens is 1. The number of rotatable bonds is 2. The van der Waals surface area contributed by atoms with Crippen molar-refractivity contribution in [1.82, 2.24) is 0 Å². The van der Waals surface area contributed by atoms with Gasteiger partial charge in [0.05, 0.1) is 0 Å². The Hall–Kier alpha value is -1.35. The van der Waals surface area contributed by atoms with Crippen molar-refractivity contribution in [1.29, 1.82) is 0 Å². The number of hydrogen-bond acceptors (Lipinski definition) is 2. The number of aliphatic hydroxyl groups is 1. The highest BCUT2D eigenvalue weighted by atomic mass is 35.5. The molecule has 1 aromatic rings. The van der Waals surface area contributed by atoms with Crippen LogP contribution < -0.4 is 5.73 Å². The van der Waals surface area contributed by atoms with Crippen molar-refractivity contribution in [3.63, 3.8) is 0 Å². The van der Waals surface area contributed by atoms with Crippen LogP contribution in [0.3, 0.4) is 0 Å². The lowest BCUT2D eigenvalue weighted by Crippen LogP contribution is -2.37. The lowest BCUT2D eigenvalue weighted by molar-refractivity contribution is 0.100. The smallest absolute Gasteiger partial charge is 0.136 e. The molecule has 0 aliphatic heterocycles. The van der Waals surface area contributed by atoms with Gasteiger partial charge in [0.2, 0.25) is 0 Å². The molecule has 1 aliphatic carbocycles. The molecule has 0 radical (unpaired) electrons. The van der Waals surface area contributed by atoms with Crippen LogP contribution in [0.1, 0.15) is 12.0 Å². The normalized spacial score (nSPS) is 24.6. The van der Waals surface area contributed by atoms with Crippen molar-refractivity contribution in [3.05, 3.63) is 65.8 Å². The minimum absolute atomic E-state index is 0.397. The predicted octanol–water partition coefficient (Wildman–Crippen LogP) is 2.80. The lowest BCUT2D eigenvalue weighted by atomic mass is 9.99. The third-order valence-electron chi connectivity index (χ3n) is 2.57. The second-order valence-corrected chi connectivity index (χ2v) is 4.50. The van der Waals surface area contributed by atoms with Gasteiger partial charge in [0.1, 0.15) is 5.72 Å². The van der Waals surface area contributed by atoms with Gasteiger partial charge < -0.3 is 10.8 Å². The summed E-state index contributed by atoms with van der Waals surface area (Å²) in [4.78, 5) is 0. The first-order valence-electron chi connectivity index (χ1n) is 5.40. The first kappa shape index (κ1) is 12.1. The Morgan fingerprint density at radius 1 is 1.35 bits per heavy atom. The largest absolute Gasteiger partial charge is 0.372 e. The topological polar surface area (TPSA) is 46.2 Å². The summed E-state index contributed by atoms with van der Waals surface area (Å²) in [5.41, 5.74) is 6.25. The SMILES string of the molecule is NC1(O)C=CC(C=C(Cl)c2ccccc2)=CC1. The molecule has 0 spiro atoms. The van der Waals surface area contributed by atoms with Gasteiger partial charge in [-0.1, -0.05) is 54.1 Å². The first-order chi connectivity index (χ1) is 8.07. The van der Waals surface area contributed by atoms with E-state index in [4.69, 9.17) is 17.3 Å². The molecule has 0 amide bonds. The molecule has 0 aromatic heterocycles. The van der Waals surface area contributed by atoms with E-state index >= 15 is 0 Å². The zero-order valence-electron chi connectivity index (χ0n) is 9.31. The Labute approximate surface area is 106 Å². The van der Waals surface area contributed by atoms with Gasteiger partial charge in [-0.25, -0.2) is 0 Å². The molecular weight excluding hydrogens is 234 g/mol. The zero-order valence-corrected chi connectivity index (χ0v) is 10.1. The molecule has 1 unspecified atom stereocenters. The molecule has 1 atom stereocenters. The third kappa shape index (κ3) is 3.30. The van der Waals surface area contributed by atoms with Gasteiger partial charge in [-0.3, -0.25) is 0 Å². The van der Waals surface area contributed by atoms with Gasteiger partial charge in [-0.15, -0.1) is 0 Å². The standard InChI is InChI=1S/C14H14ClNO/c15-13(12-4-2-1-3-5-12)10-11-6-8-14(16,17)9-7-11/h1-8,10,17H,9,16H2. The van der Waals surface area contributed by atoms with Crippen molar-refractivity contribution in [2.75, 3.05) is 0 Å². The molecule has 0 bridgehead atoms. The van der Waals surface area contributed by atoms with E-state index in [0.29, 0.717) is 11.5 Å². The van der Waals surface area contributed by atoms with Crippen LogP contribution in [0.15, 0.2) is 60.2 Å². The van der Waals surface area contributed by atoms with Crippen molar-refractivity contribution in [2.45, 2.75) is 12.1 Å². The molecular formula is C14H14ClNO. The molecule has 2 nitrogen and oxygen atoms in total. The average molecular weight is 248 g/mol. The van der Waals surface area contributed by atoms with Gasteiger partial charge in [0.25, 0.3) is 0 Å². The average Bonchev–Trinajstić information content (AvgIpc) is 2.33. The van der Waals surface area contributed by atoms with E-state index in [0.717, 1.165) is 11.1 Å². The Balaban J connectivity index is 2.17. The maximum Gasteiger partial charge on any atom is 0.136 e. The fourth-order valence-electron chi connectivity index (χ4n) is 1.59. The molecule has 1 aliphatic rings. The van der Waals surface area contributed by atoms with Crippen molar-refractivity contribution in [2.24, 2.45) is 5.73 Å². The first-order valence-corrected chi connectivity index (χ1v) is 5.78. The van der Waals surface area contributed by atoms with Gasteiger partial charge in [0, 0.05) is 11.5 Å². The second-order valence-electron chi connectivity index (χ2n) is 4.09.